The number of para-hydroxylation sites is 1. The van der Waals surface area contributed by atoms with Gasteiger partial charge in [0.15, 0.2) is 6.73 Å². The maximum absolute atomic E-state index is 13.2. The van der Waals surface area contributed by atoms with Crippen molar-refractivity contribution in [3.8, 4) is 5.75 Å². The van der Waals surface area contributed by atoms with E-state index >= 15 is 0 Å². The molecule has 2 aliphatic rings. The summed E-state index contributed by atoms with van der Waals surface area (Å²) in [5, 5.41) is 0.712. The Kier molecular flexibility index (Phi) is 7.29. The van der Waals surface area contributed by atoms with Gasteiger partial charge in [-0.2, -0.15) is 0 Å². The molecule has 2 aliphatic heterocycles. The molecule has 2 heterocycles. The lowest BCUT2D eigenvalue weighted by atomic mass is 10.1. The largest absolute Gasteiger partial charge is 0.471 e. The molecule has 0 saturated carbocycles. The molecule has 0 unspecified atom stereocenters. The number of amides is 1. The van der Waals surface area contributed by atoms with Crippen LogP contribution in [0.1, 0.15) is 15.9 Å². The summed E-state index contributed by atoms with van der Waals surface area (Å²) in [6.07, 6.45) is 0. The molecule has 1 fully saturated rings. The van der Waals surface area contributed by atoms with E-state index in [0.717, 1.165) is 60.8 Å². The first-order valence-electron chi connectivity index (χ1n) is 10.1. The van der Waals surface area contributed by atoms with Gasteiger partial charge in [-0.15, -0.1) is 0 Å². The third-order valence-electron chi connectivity index (χ3n) is 5.65. The maximum atomic E-state index is 13.2. The van der Waals surface area contributed by atoms with Crippen LogP contribution in [0.25, 0.3) is 0 Å². The standard InChI is InChI=1S/C22H24BrCl2N3O3/c1-30-10-9-26-5-7-27(8-6-26)16-11-18(24)20(19(25)12-16)22(29)28-13-15-3-2-4-17(23)21(15)31-14-28/h2-4,11-12H,5-10,13-14H2,1H3. The third kappa shape index (κ3) is 4.96. The number of anilines is 1. The number of nitrogens with zero attached hydrogens (tertiary/aromatic N) is 3. The number of hydrogen-bond acceptors (Lipinski definition) is 5. The van der Waals surface area contributed by atoms with Gasteiger partial charge in [-0.3, -0.25) is 9.69 Å². The summed E-state index contributed by atoms with van der Waals surface area (Å²) < 4.78 is 11.8. The number of rotatable bonds is 5. The lowest BCUT2D eigenvalue weighted by Gasteiger charge is -2.36. The number of piperazine rings is 1. The van der Waals surface area contributed by atoms with E-state index in [1.165, 1.54) is 0 Å². The summed E-state index contributed by atoms with van der Waals surface area (Å²) in [6, 6.07) is 9.45. The number of fused-ring (bicyclic) bond motifs is 1. The minimum atomic E-state index is -0.239. The van der Waals surface area contributed by atoms with Gasteiger partial charge in [-0.05, 0) is 34.1 Å². The Morgan fingerprint density at radius 2 is 1.87 bits per heavy atom. The van der Waals surface area contributed by atoms with E-state index in [2.05, 4.69) is 25.7 Å². The summed E-state index contributed by atoms with van der Waals surface area (Å²) in [5.74, 6) is 0.528. The summed E-state index contributed by atoms with van der Waals surface area (Å²) in [5.41, 5.74) is 2.18. The molecule has 0 aromatic heterocycles. The van der Waals surface area contributed by atoms with Crippen LogP contribution >= 0.6 is 39.1 Å². The molecule has 4 rings (SSSR count). The Labute approximate surface area is 200 Å². The molecule has 166 valence electrons. The fourth-order valence-electron chi connectivity index (χ4n) is 3.92. The zero-order valence-corrected chi connectivity index (χ0v) is 20.3. The average Bonchev–Trinajstić information content (AvgIpc) is 2.77. The predicted molar refractivity (Wildman–Crippen MR) is 127 cm³/mol. The van der Waals surface area contributed by atoms with Crippen molar-refractivity contribution in [3.63, 3.8) is 0 Å². The highest BCUT2D eigenvalue weighted by atomic mass is 79.9. The van der Waals surface area contributed by atoms with Gasteiger partial charge >= 0.3 is 0 Å². The van der Waals surface area contributed by atoms with Gasteiger partial charge in [0, 0.05) is 51.1 Å². The lowest BCUT2D eigenvalue weighted by Crippen LogP contribution is -2.47. The monoisotopic (exact) mass is 527 g/mol. The van der Waals surface area contributed by atoms with Crippen LogP contribution < -0.4 is 9.64 Å². The molecule has 2 aromatic rings. The minimum absolute atomic E-state index is 0.145. The summed E-state index contributed by atoms with van der Waals surface area (Å²) >= 11 is 16.6. The van der Waals surface area contributed by atoms with Crippen molar-refractivity contribution >= 4 is 50.7 Å². The SMILES string of the molecule is COCCN1CCN(c2cc(Cl)c(C(=O)N3COc4c(Br)cccc4C3)c(Cl)c2)CC1. The van der Waals surface area contributed by atoms with E-state index in [1.54, 1.807) is 12.0 Å². The van der Waals surface area contributed by atoms with Gasteiger partial charge in [0.2, 0.25) is 0 Å². The molecule has 2 aromatic carbocycles. The molecule has 0 N–H and O–H groups in total. The van der Waals surface area contributed by atoms with Gasteiger partial charge in [0.25, 0.3) is 5.91 Å². The lowest BCUT2D eigenvalue weighted by molar-refractivity contribution is 0.0512. The van der Waals surface area contributed by atoms with Crippen molar-refractivity contribution < 1.29 is 14.3 Å². The number of halogens is 3. The van der Waals surface area contributed by atoms with Gasteiger partial charge in [0.1, 0.15) is 5.75 Å². The zero-order valence-electron chi connectivity index (χ0n) is 17.2. The van der Waals surface area contributed by atoms with Crippen molar-refractivity contribution in [1.82, 2.24) is 9.80 Å². The summed E-state index contributed by atoms with van der Waals surface area (Å²) in [4.78, 5) is 19.4. The second-order valence-electron chi connectivity index (χ2n) is 7.61. The first-order chi connectivity index (χ1) is 15.0. The van der Waals surface area contributed by atoms with E-state index in [0.29, 0.717) is 22.2 Å². The molecule has 1 saturated heterocycles. The van der Waals surface area contributed by atoms with Gasteiger partial charge in [-0.25, -0.2) is 0 Å². The molecule has 1 amide bonds. The molecule has 9 heteroatoms. The van der Waals surface area contributed by atoms with Crippen molar-refractivity contribution in [3.05, 3.63) is 56.0 Å². The third-order valence-corrected chi connectivity index (χ3v) is 6.87. The first kappa shape index (κ1) is 22.7. The number of methoxy groups -OCH3 is 1. The minimum Gasteiger partial charge on any atom is -0.471 e. The van der Waals surface area contributed by atoms with Crippen LogP contribution in [-0.2, 0) is 11.3 Å². The van der Waals surface area contributed by atoms with E-state index < -0.39 is 0 Å². The fourth-order valence-corrected chi connectivity index (χ4v) is 5.08. The first-order valence-corrected chi connectivity index (χ1v) is 11.7. The Morgan fingerprint density at radius 1 is 1.16 bits per heavy atom. The zero-order chi connectivity index (χ0) is 22.0. The normalized spacial score (nSPS) is 16.8. The summed E-state index contributed by atoms with van der Waals surface area (Å²) in [7, 11) is 1.72. The second kappa shape index (κ2) is 9.96. The van der Waals surface area contributed by atoms with E-state index in [1.807, 2.05) is 30.3 Å². The van der Waals surface area contributed by atoms with Crippen LogP contribution in [0.4, 0.5) is 5.69 Å². The fraction of sp³-hybridized carbons (Fsp3) is 0.409. The van der Waals surface area contributed by atoms with E-state index in [9.17, 15) is 4.79 Å². The Hall–Kier alpha value is -1.51. The molecule has 0 spiro atoms. The van der Waals surface area contributed by atoms with E-state index in [-0.39, 0.29) is 12.6 Å². The molecular weight excluding hydrogens is 505 g/mol. The maximum Gasteiger partial charge on any atom is 0.259 e. The molecule has 0 bridgehead atoms. The molecular formula is C22H24BrCl2N3O3. The summed E-state index contributed by atoms with van der Waals surface area (Å²) in [6.45, 7) is 5.87. The van der Waals surface area contributed by atoms with Crippen LogP contribution in [0.5, 0.6) is 5.75 Å². The predicted octanol–water partition coefficient (Wildman–Crippen LogP) is 4.52. The quantitative estimate of drug-likeness (QED) is 0.571. The highest BCUT2D eigenvalue weighted by Crippen LogP contribution is 2.36. The van der Waals surface area contributed by atoms with Crippen LogP contribution in [0.3, 0.4) is 0 Å². The van der Waals surface area contributed by atoms with Crippen molar-refractivity contribution in [2.45, 2.75) is 6.54 Å². The molecule has 0 radical (unpaired) electrons. The van der Waals surface area contributed by atoms with Crippen LogP contribution in [0.2, 0.25) is 10.0 Å². The van der Waals surface area contributed by atoms with Crippen LogP contribution in [0, 0.1) is 0 Å². The number of benzene rings is 2. The van der Waals surface area contributed by atoms with Gasteiger partial charge in [0.05, 0.1) is 33.2 Å². The highest BCUT2D eigenvalue weighted by Gasteiger charge is 2.28. The Morgan fingerprint density at radius 3 is 2.55 bits per heavy atom. The second-order valence-corrected chi connectivity index (χ2v) is 9.28. The van der Waals surface area contributed by atoms with Crippen LogP contribution in [-0.4, -0.2) is 68.9 Å². The van der Waals surface area contributed by atoms with Gasteiger partial charge in [-0.1, -0.05) is 35.3 Å². The highest BCUT2D eigenvalue weighted by molar-refractivity contribution is 9.10. The molecule has 0 atom stereocenters. The number of ether oxygens (including phenoxy) is 2. The average molecular weight is 529 g/mol. The Bertz CT molecular complexity index is 944. The molecule has 6 nitrogen and oxygen atoms in total. The smallest absolute Gasteiger partial charge is 0.259 e. The molecule has 31 heavy (non-hydrogen) atoms. The van der Waals surface area contributed by atoms with Crippen LogP contribution in [0.15, 0.2) is 34.8 Å². The van der Waals surface area contributed by atoms with Crippen molar-refractivity contribution in [2.24, 2.45) is 0 Å². The number of carbonyl (C=O) groups excluding carboxylic acids is 1. The Balaban J connectivity index is 1.47. The van der Waals surface area contributed by atoms with Crippen molar-refractivity contribution in [2.75, 3.05) is 58.1 Å². The van der Waals surface area contributed by atoms with E-state index in [4.69, 9.17) is 32.7 Å². The number of carbonyl (C=O) groups is 1. The van der Waals surface area contributed by atoms with Gasteiger partial charge < -0.3 is 19.3 Å². The number of hydrogen-bond donors (Lipinski definition) is 0. The molecule has 0 aliphatic carbocycles. The topological polar surface area (TPSA) is 45.2 Å². The van der Waals surface area contributed by atoms with Crippen molar-refractivity contribution in [1.29, 1.82) is 0 Å².